The Labute approximate surface area is 95.6 Å². The maximum Gasteiger partial charge on any atom is 0.0830 e. The van der Waals surface area contributed by atoms with Crippen molar-refractivity contribution in [2.45, 2.75) is 38.6 Å². The van der Waals surface area contributed by atoms with Gasteiger partial charge in [0.15, 0.2) is 0 Å². The third-order valence-corrected chi connectivity index (χ3v) is 4.54. The molecule has 84 valence electrons. The van der Waals surface area contributed by atoms with Gasteiger partial charge >= 0.3 is 0 Å². The van der Waals surface area contributed by atoms with Crippen LogP contribution in [0.15, 0.2) is 0 Å². The van der Waals surface area contributed by atoms with Crippen molar-refractivity contribution in [3.63, 3.8) is 0 Å². The second-order valence-corrected chi connectivity index (χ2v) is 6.02. The smallest absolute Gasteiger partial charge is 0.0830 e. The Morgan fingerprint density at radius 2 is 2.13 bits per heavy atom. The first-order chi connectivity index (χ1) is 6.91. The molecule has 1 aromatic rings. The van der Waals surface area contributed by atoms with Gasteiger partial charge in [-0.2, -0.15) is 5.10 Å². The number of aryl methyl sites for hydroxylation is 2. The molecule has 0 aromatic carbocycles. The predicted octanol–water partition coefficient (Wildman–Crippen LogP) is 2.15. The third-order valence-electron chi connectivity index (χ3n) is 2.96. The SMILES string of the molecule is Cc1nn(C)c(C)c1C1NC(C)(C)CS1. The molecule has 0 bridgehead atoms. The fourth-order valence-electron chi connectivity index (χ4n) is 2.05. The van der Waals surface area contributed by atoms with Crippen LogP contribution in [0.5, 0.6) is 0 Å². The summed E-state index contributed by atoms with van der Waals surface area (Å²) in [5.74, 6) is 1.16. The topological polar surface area (TPSA) is 29.9 Å². The molecule has 1 unspecified atom stereocenters. The number of hydrogen-bond donors (Lipinski definition) is 1. The first-order valence-electron chi connectivity index (χ1n) is 5.30. The van der Waals surface area contributed by atoms with Gasteiger partial charge in [-0.1, -0.05) is 0 Å². The van der Waals surface area contributed by atoms with E-state index in [1.165, 1.54) is 11.3 Å². The number of thioether (sulfide) groups is 1. The van der Waals surface area contributed by atoms with Gasteiger partial charge < -0.3 is 0 Å². The molecule has 1 N–H and O–H groups in total. The molecule has 1 aliphatic heterocycles. The maximum atomic E-state index is 4.47. The molecule has 0 radical (unpaired) electrons. The van der Waals surface area contributed by atoms with Crippen LogP contribution < -0.4 is 5.32 Å². The number of aromatic nitrogens is 2. The minimum atomic E-state index is 0.240. The molecule has 1 aromatic heterocycles. The van der Waals surface area contributed by atoms with Gasteiger partial charge in [0.05, 0.1) is 11.1 Å². The van der Waals surface area contributed by atoms with Crippen molar-refractivity contribution in [1.29, 1.82) is 0 Å². The van der Waals surface area contributed by atoms with Crippen LogP contribution in [0.25, 0.3) is 0 Å². The molecule has 1 aliphatic rings. The fourth-order valence-corrected chi connectivity index (χ4v) is 3.63. The summed E-state index contributed by atoms with van der Waals surface area (Å²) in [5.41, 5.74) is 4.03. The zero-order valence-electron chi connectivity index (χ0n) is 10.1. The van der Waals surface area contributed by atoms with Crippen molar-refractivity contribution in [3.8, 4) is 0 Å². The molecule has 0 saturated carbocycles. The van der Waals surface area contributed by atoms with Crippen LogP contribution in [0.1, 0.15) is 36.2 Å². The van der Waals surface area contributed by atoms with E-state index in [0.717, 1.165) is 11.4 Å². The summed E-state index contributed by atoms with van der Waals surface area (Å²) in [4.78, 5) is 0. The fraction of sp³-hybridized carbons (Fsp3) is 0.727. The van der Waals surface area contributed by atoms with Gasteiger partial charge in [0.2, 0.25) is 0 Å². The molecule has 0 amide bonds. The molecule has 4 heteroatoms. The van der Waals surface area contributed by atoms with Gasteiger partial charge in [-0.05, 0) is 27.7 Å². The summed E-state index contributed by atoms with van der Waals surface area (Å²) in [5, 5.41) is 8.53. The number of nitrogens with one attached hydrogen (secondary N) is 1. The van der Waals surface area contributed by atoms with Gasteiger partial charge in [0.1, 0.15) is 0 Å². The zero-order chi connectivity index (χ0) is 11.2. The van der Waals surface area contributed by atoms with Crippen LogP contribution in [0.4, 0.5) is 0 Å². The van der Waals surface area contributed by atoms with Crippen molar-refractivity contribution < 1.29 is 0 Å². The molecular weight excluding hydrogens is 206 g/mol. The minimum Gasteiger partial charge on any atom is -0.296 e. The zero-order valence-corrected chi connectivity index (χ0v) is 10.9. The highest BCUT2D eigenvalue weighted by molar-refractivity contribution is 7.99. The lowest BCUT2D eigenvalue weighted by atomic mass is 10.1. The van der Waals surface area contributed by atoms with Crippen molar-refractivity contribution >= 4 is 11.8 Å². The van der Waals surface area contributed by atoms with E-state index in [0.29, 0.717) is 5.37 Å². The second kappa shape index (κ2) is 3.52. The Morgan fingerprint density at radius 1 is 1.47 bits per heavy atom. The van der Waals surface area contributed by atoms with Gasteiger partial charge in [0.25, 0.3) is 0 Å². The van der Waals surface area contributed by atoms with Crippen LogP contribution in [-0.2, 0) is 7.05 Å². The van der Waals surface area contributed by atoms with Crippen LogP contribution in [0.3, 0.4) is 0 Å². The van der Waals surface area contributed by atoms with Crippen molar-refractivity contribution in [2.24, 2.45) is 7.05 Å². The second-order valence-electron chi connectivity index (χ2n) is 4.93. The first-order valence-corrected chi connectivity index (χ1v) is 6.35. The summed E-state index contributed by atoms with van der Waals surface area (Å²) >= 11 is 1.98. The van der Waals surface area contributed by atoms with E-state index in [9.17, 15) is 0 Å². The average molecular weight is 225 g/mol. The molecule has 0 spiro atoms. The maximum absolute atomic E-state index is 4.47. The average Bonchev–Trinajstić information content (AvgIpc) is 2.56. The summed E-state index contributed by atoms with van der Waals surface area (Å²) < 4.78 is 1.97. The largest absolute Gasteiger partial charge is 0.296 e. The van der Waals surface area contributed by atoms with Crippen molar-refractivity contribution in [1.82, 2.24) is 15.1 Å². The van der Waals surface area contributed by atoms with Gasteiger partial charge in [0, 0.05) is 29.6 Å². The molecule has 2 rings (SSSR count). The Bertz CT molecular complexity index is 381. The molecule has 15 heavy (non-hydrogen) atoms. The van der Waals surface area contributed by atoms with Crippen LogP contribution >= 0.6 is 11.8 Å². The number of nitrogens with zero attached hydrogens (tertiary/aromatic N) is 2. The van der Waals surface area contributed by atoms with Crippen LogP contribution in [-0.4, -0.2) is 21.1 Å². The van der Waals surface area contributed by atoms with E-state index < -0.39 is 0 Å². The monoisotopic (exact) mass is 225 g/mol. The lowest BCUT2D eigenvalue weighted by molar-refractivity contribution is 0.451. The standard InChI is InChI=1S/C11H19N3S/c1-7-9(8(2)14(5)13-7)10-12-11(3,4)6-15-10/h10,12H,6H2,1-5H3. The highest BCUT2D eigenvalue weighted by Crippen LogP contribution is 2.39. The van der Waals surface area contributed by atoms with Crippen LogP contribution in [0, 0.1) is 13.8 Å². The Kier molecular flexibility index (Phi) is 2.59. The normalized spacial score (nSPS) is 24.7. The van der Waals surface area contributed by atoms with E-state index in [1.54, 1.807) is 0 Å². The molecule has 0 aliphatic carbocycles. The highest BCUT2D eigenvalue weighted by atomic mass is 32.2. The quantitative estimate of drug-likeness (QED) is 0.794. The van der Waals surface area contributed by atoms with Gasteiger partial charge in [-0.15, -0.1) is 11.8 Å². The predicted molar refractivity (Wildman–Crippen MR) is 65.1 cm³/mol. The Morgan fingerprint density at radius 3 is 2.53 bits per heavy atom. The third kappa shape index (κ3) is 1.93. The lowest BCUT2D eigenvalue weighted by Crippen LogP contribution is -2.36. The van der Waals surface area contributed by atoms with Gasteiger partial charge in [-0.3, -0.25) is 10.00 Å². The van der Waals surface area contributed by atoms with Crippen molar-refractivity contribution in [2.75, 3.05) is 5.75 Å². The van der Waals surface area contributed by atoms with E-state index >= 15 is 0 Å². The summed E-state index contributed by atoms with van der Waals surface area (Å²) in [6.45, 7) is 8.74. The molecule has 1 fully saturated rings. The Hall–Kier alpha value is -0.480. The molecule has 3 nitrogen and oxygen atoms in total. The van der Waals surface area contributed by atoms with E-state index in [1.807, 2.05) is 23.5 Å². The molecule has 1 saturated heterocycles. The van der Waals surface area contributed by atoms with Crippen LogP contribution in [0.2, 0.25) is 0 Å². The highest BCUT2D eigenvalue weighted by Gasteiger charge is 2.34. The van der Waals surface area contributed by atoms with E-state index in [4.69, 9.17) is 0 Å². The van der Waals surface area contributed by atoms with Gasteiger partial charge in [-0.25, -0.2) is 0 Å². The lowest BCUT2D eigenvalue weighted by Gasteiger charge is -2.19. The minimum absolute atomic E-state index is 0.240. The first kappa shape index (κ1) is 11.0. The number of rotatable bonds is 1. The Balaban J connectivity index is 2.31. The van der Waals surface area contributed by atoms with E-state index in [2.05, 4.69) is 38.1 Å². The molecule has 1 atom stereocenters. The molecular formula is C11H19N3S. The van der Waals surface area contributed by atoms with Crippen molar-refractivity contribution in [3.05, 3.63) is 17.0 Å². The summed E-state index contributed by atoms with van der Waals surface area (Å²) in [6.07, 6.45) is 0. The number of hydrogen-bond acceptors (Lipinski definition) is 3. The summed E-state index contributed by atoms with van der Waals surface area (Å²) in [7, 11) is 2.01. The summed E-state index contributed by atoms with van der Waals surface area (Å²) in [6, 6.07) is 0. The van der Waals surface area contributed by atoms with E-state index in [-0.39, 0.29) is 5.54 Å². The molecule has 2 heterocycles.